The van der Waals surface area contributed by atoms with Crippen LogP contribution >= 0.6 is 12.2 Å². The van der Waals surface area contributed by atoms with Crippen LogP contribution in [-0.2, 0) is 16.1 Å². The lowest BCUT2D eigenvalue weighted by Gasteiger charge is -2.14. The molecule has 0 fully saturated rings. The van der Waals surface area contributed by atoms with Crippen molar-refractivity contribution in [3.05, 3.63) is 65.2 Å². The fourth-order valence-corrected chi connectivity index (χ4v) is 2.70. The molecule has 2 rings (SSSR count). The number of thiocarbonyl (C=S) groups is 1. The topological polar surface area (TPSA) is 81.2 Å². The Bertz CT molecular complexity index is 840. The molecule has 7 nitrogen and oxygen atoms in total. The molecular formula is C21H25N3O4S. The van der Waals surface area contributed by atoms with Gasteiger partial charge >= 0.3 is 5.97 Å². The molecule has 0 unspecified atom stereocenters. The summed E-state index contributed by atoms with van der Waals surface area (Å²) in [6.07, 6.45) is 1.64. The summed E-state index contributed by atoms with van der Waals surface area (Å²) >= 11 is 5.19. The molecule has 1 atom stereocenters. The lowest BCUT2D eigenvalue weighted by atomic mass is 10.1. The fraction of sp³-hybridized carbons (Fsp3) is 0.286. The molecule has 0 heterocycles. The number of nitrogens with one attached hydrogen (secondary N) is 2. The minimum atomic E-state index is -0.365. The van der Waals surface area contributed by atoms with Crippen LogP contribution in [-0.4, -0.2) is 44.2 Å². The summed E-state index contributed by atoms with van der Waals surface area (Å²) < 4.78 is 15.7. The number of carbonyl (C=O) groups is 1. The van der Waals surface area contributed by atoms with Gasteiger partial charge in [0.1, 0.15) is 12.4 Å². The van der Waals surface area contributed by atoms with E-state index in [-0.39, 0.29) is 12.0 Å². The highest BCUT2D eigenvalue weighted by atomic mass is 32.1. The minimum Gasteiger partial charge on any atom is -0.488 e. The number of ether oxygens (including phenoxy) is 3. The molecule has 0 saturated heterocycles. The maximum Gasteiger partial charge on any atom is 0.337 e. The smallest absolute Gasteiger partial charge is 0.337 e. The summed E-state index contributed by atoms with van der Waals surface area (Å²) in [7, 11) is 2.99. The predicted octanol–water partition coefficient (Wildman–Crippen LogP) is 2.89. The third kappa shape index (κ3) is 7.52. The van der Waals surface area contributed by atoms with E-state index in [0.29, 0.717) is 29.6 Å². The van der Waals surface area contributed by atoms with Gasteiger partial charge in [-0.25, -0.2) is 4.79 Å². The summed E-state index contributed by atoms with van der Waals surface area (Å²) in [5, 5.41) is 7.63. The molecule has 154 valence electrons. The molecule has 0 aliphatic heterocycles. The first-order chi connectivity index (χ1) is 14.0. The second kappa shape index (κ2) is 11.8. The van der Waals surface area contributed by atoms with Crippen molar-refractivity contribution < 1.29 is 19.0 Å². The Balaban J connectivity index is 1.93. The predicted molar refractivity (Wildman–Crippen MR) is 116 cm³/mol. The highest BCUT2D eigenvalue weighted by molar-refractivity contribution is 7.80. The van der Waals surface area contributed by atoms with Crippen LogP contribution in [0, 0.1) is 0 Å². The van der Waals surface area contributed by atoms with Crippen molar-refractivity contribution in [3.8, 4) is 5.75 Å². The van der Waals surface area contributed by atoms with Crippen LogP contribution in [0.1, 0.15) is 28.4 Å². The molecule has 29 heavy (non-hydrogen) atoms. The largest absolute Gasteiger partial charge is 0.488 e. The van der Waals surface area contributed by atoms with Gasteiger partial charge in [-0.1, -0.05) is 24.3 Å². The number of nitrogens with zero attached hydrogens (tertiary/aromatic N) is 1. The Hall–Kier alpha value is -2.97. The Labute approximate surface area is 176 Å². The maximum atomic E-state index is 11.5. The molecule has 0 aromatic heterocycles. The van der Waals surface area contributed by atoms with E-state index in [1.54, 1.807) is 25.5 Å². The van der Waals surface area contributed by atoms with Crippen LogP contribution in [0.3, 0.4) is 0 Å². The first-order valence-electron chi connectivity index (χ1n) is 9.01. The quantitative estimate of drug-likeness (QED) is 0.282. The number of hydrogen-bond donors (Lipinski definition) is 2. The summed E-state index contributed by atoms with van der Waals surface area (Å²) in [6, 6.07) is 14.7. The van der Waals surface area contributed by atoms with Gasteiger partial charge in [0.15, 0.2) is 5.11 Å². The first-order valence-corrected chi connectivity index (χ1v) is 9.42. The van der Waals surface area contributed by atoms with Crippen molar-refractivity contribution in [1.29, 1.82) is 0 Å². The molecule has 0 amide bonds. The number of benzene rings is 2. The summed E-state index contributed by atoms with van der Waals surface area (Å²) in [6.45, 7) is 2.86. The number of esters is 1. The van der Waals surface area contributed by atoms with E-state index >= 15 is 0 Å². The van der Waals surface area contributed by atoms with Crippen LogP contribution in [0.5, 0.6) is 5.75 Å². The Morgan fingerprint density at radius 2 is 1.90 bits per heavy atom. The summed E-state index contributed by atoms with van der Waals surface area (Å²) in [4.78, 5) is 11.5. The maximum absolute atomic E-state index is 11.5. The Morgan fingerprint density at radius 3 is 2.59 bits per heavy atom. The Kier molecular flexibility index (Phi) is 9.07. The van der Waals surface area contributed by atoms with Gasteiger partial charge in [0.2, 0.25) is 0 Å². The van der Waals surface area contributed by atoms with Crippen molar-refractivity contribution in [1.82, 2.24) is 10.7 Å². The number of para-hydroxylation sites is 1. The van der Waals surface area contributed by atoms with E-state index in [0.717, 1.165) is 11.1 Å². The molecular weight excluding hydrogens is 390 g/mol. The molecule has 0 radical (unpaired) electrons. The van der Waals surface area contributed by atoms with Crippen LogP contribution < -0.4 is 15.5 Å². The molecule has 2 aromatic carbocycles. The molecule has 2 aromatic rings. The van der Waals surface area contributed by atoms with Crippen LogP contribution in [0.2, 0.25) is 0 Å². The Morgan fingerprint density at radius 1 is 1.17 bits per heavy atom. The lowest BCUT2D eigenvalue weighted by Crippen LogP contribution is -2.40. The summed E-state index contributed by atoms with van der Waals surface area (Å²) in [5.41, 5.74) is 5.01. The zero-order chi connectivity index (χ0) is 21.1. The molecule has 0 saturated carbocycles. The number of carbonyl (C=O) groups excluding carboxylic acids is 1. The number of hydrazone groups is 1. The van der Waals surface area contributed by atoms with Gasteiger partial charge < -0.3 is 19.5 Å². The van der Waals surface area contributed by atoms with Crippen molar-refractivity contribution in [2.24, 2.45) is 5.10 Å². The van der Waals surface area contributed by atoms with Gasteiger partial charge in [-0.05, 0) is 49.0 Å². The van der Waals surface area contributed by atoms with Crippen molar-refractivity contribution >= 4 is 29.5 Å². The number of hydrogen-bond acceptors (Lipinski definition) is 6. The molecule has 0 bridgehead atoms. The minimum absolute atomic E-state index is 0.0800. The van der Waals surface area contributed by atoms with Gasteiger partial charge in [-0.15, -0.1) is 0 Å². The van der Waals surface area contributed by atoms with Crippen molar-refractivity contribution in [2.45, 2.75) is 19.6 Å². The van der Waals surface area contributed by atoms with Gasteiger partial charge in [0.05, 0.1) is 25.5 Å². The van der Waals surface area contributed by atoms with E-state index in [9.17, 15) is 4.79 Å². The summed E-state index contributed by atoms with van der Waals surface area (Å²) in [5.74, 6) is 0.317. The fourth-order valence-electron chi connectivity index (χ4n) is 2.44. The van der Waals surface area contributed by atoms with E-state index in [4.69, 9.17) is 26.4 Å². The second-order valence-corrected chi connectivity index (χ2v) is 6.62. The lowest BCUT2D eigenvalue weighted by molar-refractivity contribution is 0.0600. The van der Waals surface area contributed by atoms with Gasteiger partial charge in [0.25, 0.3) is 0 Å². The second-order valence-electron chi connectivity index (χ2n) is 6.21. The molecule has 0 spiro atoms. The third-order valence-electron chi connectivity index (χ3n) is 3.85. The van der Waals surface area contributed by atoms with E-state index in [1.165, 1.54) is 7.11 Å². The average Bonchev–Trinajstić information content (AvgIpc) is 2.73. The van der Waals surface area contributed by atoms with Gasteiger partial charge in [-0.3, -0.25) is 5.43 Å². The highest BCUT2D eigenvalue weighted by Crippen LogP contribution is 2.18. The molecule has 0 aliphatic carbocycles. The van der Waals surface area contributed by atoms with Crippen molar-refractivity contribution in [2.75, 3.05) is 20.8 Å². The van der Waals surface area contributed by atoms with E-state index < -0.39 is 0 Å². The number of methoxy groups -OCH3 is 2. The highest BCUT2D eigenvalue weighted by Gasteiger charge is 2.06. The van der Waals surface area contributed by atoms with Crippen LogP contribution in [0.15, 0.2) is 53.6 Å². The third-order valence-corrected chi connectivity index (χ3v) is 4.06. The van der Waals surface area contributed by atoms with Crippen molar-refractivity contribution in [3.63, 3.8) is 0 Å². The van der Waals surface area contributed by atoms with Gasteiger partial charge in [-0.2, -0.15) is 5.10 Å². The zero-order valence-corrected chi connectivity index (χ0v) is 17.5. The normalized spacial score (nSPS) is 11.7. The molecule has 2 N–H and O–H groups in total. The molecule has 0 aliphatic rings. The van der Waals surface area contributed by atoms with Crippen LogP contribution in [0.25, 0.3) is 0 Å². The number of rotatable bonds is 9. The van der Waals surface area contributed by atoms with E-state index in [2.05, 4.69) is 15.8 Å². The molecule has 8 heteroatoms. The first kappa shape index (κ1) is 22.3. The zero-order valence-electron chi connectivity index (χ0n) is 16.7. The van der Waals surface area contributed by atoms with Gasteiger partial charge in [0, 0.05) is 18.7 Å². The van der Waals surface area contributed by atoms with E-state index in [1.807, 2.05) is 43.3 Å². The monoisotopic (exact) mass is 415 g/mol. The average molecular weight is 416 g/mol. The SMILES string of the molecule is COC[C@H](C)NC(=S)N/N=C\c1ccccc1OCc1ccc(C(=O)OC)cc1. The standard InChI is InChI=1S/C21H25N3O4S/c1-15(13-26-2)23-21(29)24-22-12-18-6-4-5-7-19(18)28-14-16-8-10-17(11-9-16)20(25)27-3/h4-12,15H,13-14H2,1-3H3,(H2,23,24,29)/b22-12-/t15-/m0/s1. The van der Waals surface area contributed by atoms with Crippen LogP contribution in [0.4, 0.5) is 0 Å².